The lowest BCUT2D eigenvalue weighted by molar-refractivity contribution is -0.139. The van der Waals surface area contributed by atoms with Gasteiger partial charge in [0.2, 0.25) is 11.8 Å². The minimum Gasteiger partial charge on any atom is -0.352 e. The predicted octanol–water partition coefficient (Wildman–Crippen LogP) is 5.73. The fourth-order valence-electron chi connectivity index (χ4n) is 3.00. The van der Waals surface area contributed by atoms with Gasteiger partial charge in [0, 0.05) is 17.5 Å². The van der Waals surface area contributed by atoms with Crippen molar-refractivity contribution < 1.29 is 9.59 Å². The third-order valence-electron chi connectivity index (χ3n) is 4.54. The molecular formula is C23H28Cl2N2O2S. The highest BCUT2D eigenvalue weighted by molar-refractivity contribution is 8.00. The van der Waals surface area contributed by atoms with E-state index in [1.54, 1.807) is 17.0 Å². The summed E-state index contributed by atoms with van der Waals surface area (Å²) in [5.74, 6) is -0.00538. The predicted molar refractivity (Wildman–Crippen MR) is 126 cm³/mol. The summed E-state index contributed by atoms with van der Waals surface area (Å²) in [6, 6.07) is 12.7. The summed E-state index contributed by atoms with van der Waals surface area (Å²) in [7, 11) is 0. The Bertz CT molecular complexity index is 872. The summed E-state index contributed by atoms with van der Waals surface area (Å²) in [6.45, 7) is 8.03. The number of amides is 2. The highest BCUT2D eigenvalue weighted by atomic mass is 35.5. The lowest BCUT2D eigenvalue weighted by atomic mass is 10.1. The van der Waals surface area contributed by atoms with Crippen LogP contribution in [0.1, 0.15) is 38.3 Å². The minimum atomic E-state index is -0.562. The Morgan fingerprint density at radius 3 is 2.30 bits per heavy atom. The summed E-state index contributed by atoms with van der Waals surface area (Å²) in [6.07, 6.45) is 0.515. The highest BCUT2D eigenvalue weighted by Crippen LogP contribution is 2.25. The van der Waals surface area contributed by atoms with E-state index in [2.05, 4.69) is 5.32 Å². The molecule has 0 aliphatic carbocycles. The van der Waals surface area contributed by atoms with Crippen LogP contribution < -0.4 is 5.32 Å². The maximum atomic E-state index is 13.2. The first-order chi connectivity index (χ1) is 14.2. The Kier molecular flexibility index (Phi) is 9.53. The third-order valence-corrected chi connectivity index (χ3v) is 6.27. The Labute approximate surface area is 193 Å². The summed E-state index contributed by atoms with van der Waals surface area (Å²) >= 11 is 13.6. The minimum absolute atomic E-state index is 0.00425. The lowest BCUT2D eigenvalue weighted by Gasteiger charge is -2.31. The molecule has 7 heteroatoms. The molecule has 0 saturated carbocycles. The smallest absolute Gasteiger partial charge is 0.243 e. The fraction of sp³-hybridized carbons (Fsp3) is 0.391. The molecule has 0 aromatic heterocycles. The topological polar surface area (TPSA) is 49.4 Å². The van der Waals surface area contributed by atoms with Gasteiger partial charge in [0.15, 0.2) is 0 Å². The molecule has 0 heterocycles. The molecule has 1 N–H and O–H groups in total. The Balaban J connectivity index is 2.23. The molecule has 0 aliphatic heterocycles. The molecule has 30 heavy (non-hydrogen) atoms. The van der Waals surface area contributed by atoms with Crippen LogP contribution in [-0.4, -0.2) is 34.6 Å². The van der Waals surface area contributed by atoms with Gasteiger partial charge in [-0.3, -0.25) is 9.59 Å². The number of halogens is 2. The monoisotopic (exact) mass is 466 g/mol. The molecule has 162 valence electrons. The number of nitrogens with zero attached hydrogens (tertiary/aromatic N) is 1. The molecule has 2 aromatic rings. The standard InChI is InChI=1S/C23H28Cl2N2O2S/c1-5-21(23(29)26-15(2)3)27(13-17-8-11-19(24)20(25)12-17)22(28)14-30-18-9-6-16(4)7-10-18/h6-12,15,21H,5,13-14H2,1-4H3,(H,26,29). The van der Waals surface area contributed by atoms with Crippen LogP contribution in [-0.2, 0) is 16.1 Å². The van der Waals surface area contributed by atoms with Crippen molar-refractivity contribution >= 4 is 46.8 Å². The van der Waals surface area contributed by atoms with Crippen molar-refractivity contribution in [2.24, 2.45) is 0 Å². The number of hydrogen-bond donors (Lipinski definition) is 1. The second kappa shape index (κ2) is 11.6. The molecule has 1 unspecified atom stereocenters. The number of carbonyl (C=O) groups is 2. The zero-order chi connectivity index (χ0) is 22.3. The molecule has 0 bridgehead atoms. The second-order valence-electron chi connectivity index (χ2n) is 7.46. The molecule has 0 radical (unpaired) electrons. The van der Waals surface area contributed by atoms with Crippen LogP contribution in [0.5, 0.6) is 0 Å². The van der Waals surface area contributed by atoms with Crippen LogP contribution >= 0.6 is 35.0 Å². The average Bonchev–Trinajstić information content (AvgIpc) is 2.69. The Hall–Kier alpha value is -1.69. The van der Waals surface area contributed by atoms with Gasteiger partial charge in [0.25, 0.3) is 0 Å². The van der Waals surface area contributed by atoms with Gasteiger partial charge >= 0.3 is 0 Å². The molecule has 2 amide bonds. The quantitative estimate of drug-likeness (QED) is 0.480. The van der Waals surface area contributed by atoms with Gasteiger partial charge in [0.1, 0.15) is 6.04 Å². The van der Waals surface area contributed by atoms with E-state index in [9.17, 15) is 9.59 Å². The molecule has 0 fully saturated rings. The molecule has 1 atom stereocenters. The van der Waals surface area contributed by atoms with Gasteiger partial charge in [-0.1, -0.05) is 53.9 Å². The number of carbonyl (C=O) groups excluding carboxylic acids is 2. The zero-order valence-corrected chi connectivity index (χ0v) is 20.1. The van der Waals surface area contributed by atoms with Crippen LogP contribution in [0.3, 0.4) is 0 Å². The van der Waals surface area contributed by atoms with Crippen molar-refractivity contribution in [3.8, 4) is 0 Å². The largest absolute Gasteiger partial charge is 0.352 e. The van der Waals surface area contributed by atoms with Gasteiger partial charge in [-0.05, 0) is 57.0 Å². The summed E-state index contributed by atoms with van der Waals surface area (Å²) < 4.78 is 0. The van der Waals surface area contributed by atoms with Crippen molar-refractivity contribution in [3.05, 3.63) is 63.6 Å². The maximum absolute atomic E-state index is 13.2. The second-order valence-corrected chi connectivity index (χ2v) is 9.32. The van der Waals surface area contributed by atoms with E-state index in [-0.39, 0.29) is 30.2 Å². The van der Waals surface area contributed by atoms with Gasteiger partial charge in [-0.15, -0.1) is 11.8 Å². The van der Waals surface area contributed by atoms with E-state index in [4.69, 9.17) is 23.2 Å². The van der Waals surface area contributed by atoms with Gasteiger partial charge in [-0.2, -0.15) is 0 Å². The average molecular weight is 467 g/mol. The molecule has 2 rings (SSSR count). The first kappa shape index (κ1) is 24.6. The number of thioether (sulfide) groups is 1. The van der Waals surface area contributed by atoms with E-state index >= 15 is 0 Å². The summed E-state index contributed by atoms with van der Waals surface area (Å²) in [4.78, 5) is 28.6. The van der Waals surface area contributed by atoms with Gasteiger partial charge < -0.3 is 10.2 Å². The fourth-order valence-corrected chi connectivity index (χ4v) is 4.10. The molecule has 0 spiro atoms. The van der Waals surface area contributed by atoms with Crippen LogP contribution in [0.2, 0.25) is 10.0 Å². The number of aryl methyl sites for hydroxylation is 1. The summed E-state index contributed by atoms with van der Waals surface area (Å²) in [5, 5.41) is 3.81. The highest BCUT2D eigenvalue weighted by Gasteiger charge is 2.29. The molecule has 0 aliphatic rings. The SMILES string of the molecule is CCC(C(=O)NC(C)C)N(Cc1ccc(Cl)c(Cl)c1)C(=O)CSc1ccc(C)cc1. The lowest BCUT2D eigenvalue weighted by Crippen LogP contribution is -2.50. The zero-order valence-electron chi connectivity index (χ0n) is 17.7. The van der Waals surface area contributed by atoms with Gasteiger partial charge in [0.05, 0.1) is 15.8 Å². The van der Waals surface area contributed by atoms with Crippen molar-refractivity contribution in [1.82, 2.24) is 10.2 Å². The van der Waals surface area contributed by atoms with Crippen LogP contribution in [0, 0.1) is 6.92 Å². The summed E-state index contributed by atoms with van der Waals surface area (Å²) in [5.41, 5.74) is 2.00. The molecular weight excluding hydrogens is 439 g/mol. The van der Waals surface area contributed by atoms with Crippen molar-refractivity contribution in [3.63, 3.8) is 0 Å². The van der Waals surface area contributed by atoms with Crippen molar-refractivity contribution in [2.75, 3.05) is 5.75 Å². The maximum Gasteiger partial charge on any atom is 0.243 e. The normalized spacial score (nSPS) is 12.0. The van der Waals surface area contributed by atoms with Crippen LogP contribution in [0.25, 0.3) is 0 Å². The Morgan fingerprint density at radius 1 is 1.07 bits per heavy atom. The van der Waals surface area contributed by atoms with Crippen LogP contribution in [0.4, 0.5) is 0 Å². The van der Waals surface area contributed by atoms with Gasteiger partial charge in [-0.25, -0.2) is 0 Å². The number of hydrogen-bond acceptors (Lipinski definition) is 3. The van der Waals surface area contributed by atoms with E-state index in [0.717, 1.165) is 10.5 Å². The van der Waals surface area contributed by atoms with Crippen molar-refractivity contribution in [2.45, 2.75) is 57.6 Å². The Morgan fingerprint density at radius 2 is 1.73 bits per heavy atom. The third kappa shape index (κ3) is 7.22. The number of rotatable bonds is 9. The van der Waals surface area contributed by atoms with Crippen molar-refractivity contribution in [1.29, 1.82) is 0 Å². The number of benzene rings is 2. The van der Waals surface area contributed by atoms with E-state index in [1.807, 2.05) is 58.0 Å². The molecule has 0 saturated heterocycles. The first-order valence-corrected chi connectivity index (χ1v) is 11.7. The van der Waals surface area contributed by atoms with Crippen LogP contribution in [0.15, 0.2) is 47.4 Å². The molecule has 4 nitrogen and oxygen atoms in total. The molecule has 2 aromatic carbocycles. The number of nitrogens with one attached hydrogen (secondary N) is 1. The van der Waals surface area contributed by atoms with E-state index in [0.29, 0.717) is 16.5 Å². The van der Waals surface area contributed by atoms with E-state index < -0.39 is 6.04 Å². The first-order valence-electron chi connectivity index (χ1n) is 9.94. The van der Waals surface area contributed by atoms with E-state index in [1.165, 1.54) is 17.3 Å².